The first kappa shape index (κ1) is 17.7. The number of sulfonamides is 1. The number of fused-ring (bicyclic) bond motifs is 3. The molecule has 1 aromatic heterocycles. The summed E-state index contributed by atoms with van der Waals surface area (Å²) >= 11 is 0. The molecule has 0 aliphatic heterocycles. The van der Waals surface area contributed by atoms with E-state index in [0.29, 0.717) is 5.58 Å². The van der Waals surface area contributed by atoms with Crippen LogP contribution in [0.5, 0.6) is 0 Å². The number of furan rings is 1. The van der Waals surface area contributed by atoms with Crippen LogP contribution in [0.25, 0.3) is 11.0 Å². The molecule has 1 amide bonds. The summed E-state index contributed by atoms with van der Waals surface area (Å²) in [5, 5.41) is 0.836. The van der Waals surface area contributed by atoms with Gasteiger partial charge in [-0.25, -0.2) is 17.1 Å². The van der Waals surface area contributed by atoms with Crippen molar-refractivity contribution in [2.24, 2.45) is 0 Å². The Morgan fingerprint density at radius 3 is 2.48 bits per heavy atom. The van der Waals surface area contributed by atoms with E-state index in [1.54, 1.807) is 18.2 Å². The first-order valence-corrected chi connectivity index (χ1v) is 10.2. The number of rotatable bonds is 3. The zero-order valence-electron chi connectivity index (χ0n) is 14.7. The Bertz CT molecular complexity index is 1130. The number of benzene rings is 2. The van der Waals surface area contributed by atoms with Crippen molar-refractivity contribution in [1.82, 2.24) is 0 Å². The molecule has 1 heterocycles. The highest BCUT2D eigenvalue weighted by atomic mass is 32.2. The molecule has 0 radical (unpaired) electrons. The number of carbonyl (C=O) groups is 1. The molecule has 2 aromatic carbocycles. The molecule has 1 aliphatic rings. The van der Waals surface area contributed by atoms with E-state index in [-0.39, 0.29) is 10.6 Å². The van der Waals surface area contributed by atoms with Crippen LogP contribution < -0.4 is 4.31 Å². The molecule has 0 saturated heterocycles. The van der Waals surface area contributed by atoms with E-state index in [0.717, 1.165) is 71.0 Å². The van der Waals surface area contributed by atoms with Crippen molar-refractivity contribution < 1.29 is 22.0 Å². The minimum atomic E-state index is -4.16. The lowest BCUT2D eigenvalue weighted by Gasteiger charge is -2.21. The van der Waals surface area contributed by atoms with Crippen LogP contribution in [0.4, 0.5) is 10.1 Å². The van der Waals surface area contributed by atoms with Gasteiger partial charge >= 0.3 is 0 Å². The number of hydrogen-bond acceptors (Lipinski definition) is 4. The van der Waals surface area contributed by atoms with Gasteiger partial charge in [0.25, 0.3) is 10.0 Å². The molecule has 27 heavy (non-hydrogen) atoms. The number of nitrogens with zero attached hydrogens (tertiary/aromatic N) is 1. The molecule has 7 heteroatoms. The van der Waals surface area contributed by atoms with Crippen LogP contribution in [0, 0.1) is 5.82 Å². The minimum absolute atomic E-state index is 0.145. The molecule has 0 saturated carbocycles. The van der Waals surface area contributed by atoms with Crippen LogP contribution in [0.1, 0.15) is 31.1 Å². The van der Waals surface area contributed by atoms with Crippen LogP contribution in [0.15, 0.2) is 51.8 Å². The molecular formula is C20H18FNO4S. The fourth-order valence-corrected chi connectivity index (χ4v) is 5.00. The summed E-state index contributed by atoms with van der Waals surface area (Å²) in [7, 11) is -4.16. The Morgan fingerprint density at radius 2 is 1.78 bits per heavy atom. The maximum atomic E-state index is 13.2. The van der Waals surface area contributed by atoms with Gasteiger partial charge in [0.15, 0.2) is 0 Å². The largest absolute Gasteiger partial charge is 0.461 e. The maximum Gasteiger partial charge on any atom is 0.270 e. The fraction of sp³-hybridized carbons (Fsp3) is 0.250. The van der Waals surface area contributed by atoms with Gasteiger partial charge in [0.2, 0.25) is 5.91 Å². The summed E-state index contributed by atoms with van der Waals surface area (Å²) in [5.74, 6) is -0.255. The molecule has 0 fully saturated rings. The average Bonchev–Trinajstić information content (AvgIpc) is 3.00. The van der Waals surface area contributed by atoms with Gasteiger partial charge in [0.05, 0.1) is 10.6 Å². The van der Waals surface area contributed by atoms with E-state index in [4.69, 9.17) is 4.42 Å². The van der Waals surface area contributed by atoms with Crippen molar-refractivity contribution in [2.75, 3.05) is 4.31 Å². The summed E-state index contributed by atoms with van der Waals surface area (Å²) in [6.45, 7) is 1.19. The van der Waals surface area contributed by atoms with E-state index in [2.05, 4.69) is 0 Å². The summed E-state index contributed by atoms with van der Waals surface area (Å²) in [6, 6.07) is 9.35. The Labute approximate surface area is 156 Å². The summed E-state index contributed by atoms with van der Waals surface area (Å²) in [4.78, 5) is 12.1. The van der Waals surface area contributed by atoms with Gasteiger partial charge in [-0.3, -0.25) is 4.79 Å². The maximum absolute atomic E-state index is 13.2. The lowest BCUT2D eigenvalue weighted by atomic mass is 9.96. The summed E-state index contributed by atoms with van der Waals surface area (Å²) in [6.07, 6.45) is 3.86. The van der Waals surface area contributed by atoms with Crippen LogP contribution in [-0.2, 0) is 27.7 Å². The molecule has 3 aromatic rings. The molecular weight excluding hydrogens is 369 g/mol. The lowest BCUT2D eigenvalue weighted by molar-refractivity contribution is -0.115. The third-order valence-electron chi connectivity index (χ3n) is 4.81. The smallest absolute Gasteiger partial charge is 0.270 e. The van der Waals surface area contributed by atoms with E-state index >= 15 is 0 Å². The summed E-state index contributed by atoms with van der Waals surface area (Å²) in [5.41, 5.74) is 2.02. The van der Waals surface area contributed by atoms with E-state index in [1.807, 2.05) is 0 Å². The van der Waals surface area contributed by atoms with Gasteiger partial charge in [0.1, 0.15) is 17.2 Å². The van der Waals surface area contributed by atoms with Crippen molar-refractivity contribution in [3.8, 4) is 0 Å². The third kappa shape index (κ3) is 3.02. The molecule has 0 unspecified atom stereocenters. The number of carbonyl (C=O) groups excluding carboxylic acids is 1. The fourth-order valence-electron chi connectivity index (χ4n) is 3.58. The second-order valence-electron chi connectivity index (χ2n) is 6.63. The number of halogens is 1. The number of anilines is 1. The molecule has 0 atom stereocenters. The Balaban J connectivity index is 1.85. The van der Waals surface area contributed by atoms with E-state index in [1.165, 1.54) is 6.92 Å². The van der Waals surface area contributed by atoms with Gasteiger partial charge in [0, 0.05) is 24.3 Å². The van der Waals surface area contributed by atoms with Gasteiger partial charge in [-0.05, 0) is 61.7 Å². The van der Waals surface area contributed by atoms with Gasteiger partial charge < -0.3 is 4.42 Å². The quantitative estimate of drug-likeness (QED) is 0.676. The SMILES string of the molecule is CC(=O)N(c1ccc2oc3c(c2c1)CCCC3)S(=O)(=O)c1ccc(F)cc1. The number of amides is 1. The van der Waals surface area contributed by atoms with Crippen molar-refractivity contribution in [3.63, 3.8) is 0 Å². The van der Waals surface area contributed by atoms with Crippen molar-refractivity contribution in [3.05, 3.63) is 59.6 Å². The molecule has 140 valence electrons. The normalized spacial score (nSPS) is 14.1. The molecule has 0 spiro atoms. The molecule has 1 aliphatic carbocycles. The van der Waals surface area contributed by atoms with Gasteiger partial charge in [-0.15, -0.1) is 0 Å². The van der Waals surface area contributed by atoms with Gasteiger partial charge in [-0.2, -0.15) is 0 Å². The third-order valence-corrected chi connectivity index (χ3v) is 6.63. The van der Waals surface area contributed by atoms with Crippen LogP contribution >= 0.6 is 0 Å². The summed E-state index contributed by atoms with van der Waals surface area (Å²) < 4.78 is 45.8. The van der Waals surface area contributed by atoms with Crippen LogP contribution in [-0.4, -0.2) is 14.3 Å². The van der Waals surface area contributed by atoms with Gasteiger partial charge in [-0.1, -0.05) is 0 Å². The Morgan fingerprint density at radius 1 is 1.07 bits per heavy atom. The topological polar surface area (TPSA) is 67.6 Å². The first-order valence-electron chi connectivity index (χ1n) is 8.74. The highest BCUT2D eigenvalue weighted by molar-refractivity contribution is 7.93. The zero-order chi connectivity index (χ0) is 19.2. The highest BCUT2D eigenvalue weighted by Crippen LogP contribution is 2.35. The highest BCUT2D eigenvalue weighted by Gasteiger charge is 2.29. The van der Waals surface area contributed by atoms with Crippen molar-refractivity contribution in [1.29, 1.82) is 0 Å². The second kappa shape index (κ2) is 6.49. The molecule has 4 rings (SSSR count). The van der Waals surface area contributed by atoms with Crippen molar-refractivity contribution in [2.45, 2.75) is 37.5 Å². The van der Waals surface area contributed by atoms with E-state index in [9.17, 15) is 17.6 Å². The number of aryl methyl sites for hydroxylation is 2. The monoisotopic (exact) mass is 387 g/mol. The minimum Gasteiger partial charge on any atom is -0.461 e. The lowest BCUT2D eigenvalue weighted by Crippen LogP contribution is -2.35. The Hall–Kier alpha value is -2.67. The van der Waals surface area contributed by atoms with E-state index < -0.39 is 21.7 Å². The average molecular weight is 387 g/mol. The first-order chi connectivity index (χ1) is 12.9. The van der Waals surface area contributed by atoms with Crippen molar-refractivity contribution >= 4 is 32.6 Å². The zero-order valence-corrected chi connectivity index (χ0v) is 15.6. The predicted octanol–water partition coefficient (Wildman–Crippen LogP) is 4.19. The predicted molar refractivity (Wildman–Crippen MR) is 99.6 cm³/mol. The molecule has 0 bridgehead atoms. The van der Waals surface area contributed by atoms with Crippen LogP contribution in [0.2, 0.25) is 0 Å². The molecule has 0 N–H and O–H groups in total. The number of hydrogen-bond donors (Lipinski definition) is 0. The standard InChI is InChI=1S/C20H18FNO4S/c1-13(23)22(27(24,25)16-9-6-14(21)7-10-16)15-8-11-20-18(12-15)17-4-2-3-5-19(17)26-20/h6-12H,2-5H2,1H3. The Kier molecular flexibility index (Phi) is 4.26. The second-order valence-corrected chi connectivity index (χ2v) is 8.42. The van der Waals surface area contributed by atoms with Crippen LogP contribution in [0.3, 0.4) is 0 Å². The molecule has 5 nitrogen and oxygen atoms in total.